The quantitative estimate of drug-likeness (QED) is 0.474. The fourth-order valence-electron chi connectivity index (χ4n) is 3.43. The molecule has 2 N–H and O–H groups in total. The number of nitrogens with zero attached hydrogens (tertiary/aromatic N) is 1. The fourth-order valence-corrected chi connectivity index (χ4v) is 3.75. The van der Waals surface area contributed by atoms with Crippen molar-refractivity contribution in [2.45, 2.75) is 13.0 Å². The molecule has 0 bridgehead atoms. The van der Waals surface area contributed by atoms with Gasteiger partial charge in [0.2, 0.25) is 11.8 Å². The minimum absolute atomic E-state index is 0.0950. The zero-order chi connectivity index (χ0) is 22.5. The Kier molecular flexibility index (Phi) is 6.83. The maximum atomic E-state index is 12.6. The number of hydrogen-bond acceptors (Lipinski definition) is 4. The third-order valence-corrected chi connectivity index (χ3v) is 5.77. The third-order valence-electron chi connectivity index (χ3n) is 5.15. The van der Waals surface area contributed by atoms with Crippen molar-refractivity contribution in [2.75, 3.05) is 16.9 Å². The number of halogens is 2. The Morgan fingerprint density at radius 1 is 1.03 bits per heavy atom. The number of nitrogens with one attached hydrogen (secondary N) is 2. The largest absolute Gasteiger partial charge is 0.489 e. The Hall–Kier alpha value is -3.22. The van der Waals surface area contributed by atoms with E-state index in [0.29, 0.717) is 34.6 Å². The number of hydrogen-bond donors (Lipinski definition) is 2. The van der Waals surface area contributed by atoms with Gasteiger partial charge in [-0.2, -0.15) is 0 Å². The van der Waals surface area contributed by atoms with Crippen LogP contribution in [0.5, 0.6) is 5.75 Å². The van der Waals surface area contributed by atoms with E-state index in [1.54, 1.807) is 35.2 Å². The lowest BCUT2D eigenvalue weighted by Gasteiger charge is -2.17. The van der Waals surface area contributed by atoms with Gasteiger partial charge >= 0.3 is 0 Å². The number of amides is 2. The van der Waals surface area contributed by atoms with Gasteiger partial charge in [0.05, 0.1) is 11.6 Å². The van der Waals surface area contributed by atoms with Crippen molar-refractivity contribution in [1.82, 2.24) is 5.43 Å². The minimum atomic E-state index is -0.453. The zero-order valence-electron chi connectivity index (χ0n) is 17.1. The Bertz CT molecular complexity index is 1120. The Morgan fingerprint density at radius 2 is 1.81 bits per heavy atom. The predicted octanol–water partition coefficient (Wildman–Crippen LogP) is 5.07. The highest BCUT2D eigenvalue weighted by Gasteiger charge is 2.35. The molecule has 8 heteroatoms. The molecular formula is C24H21Cl2N3O3. The molecule has 6 nitrogen and oxygen atoms in total. The Morgan fingerprint density at radius 3 is 2.59 bits per heavy atom. The molecule has 1 aliphatic heterocycles. The average molecular weight is 470 g/mol. The second-order valence-electron chi connectivity index (χ2n) is 7.40. The van der Waals surface area contributed by atoms with E-state index in [2.05, 4.69) is 10.9 Å². The van der Waals surface area contributed by atoms with E-state index in [1.165, 1.54) is 0 Å². The van der Waals surface area contributed by atoms with Crippen molar-refractivity contribution in [2.24, 2.45) is 5.92 Å². The first-order valence-corrected chi connectivity index (χ1v) is 10.8. The lowest BCUT2D eigenvalue weighted by Crippen LogP contribution is -2.36. The van der Waals surface area contributed by atoms with Crippen LogP contribution in [0.4, 0.5) is 11.4 Å². The number of ether oxygens (including phenoxy) is 1. The van der Waals surface area contributed by atoms with Crippen molar-refractivity contribution in [3.05, 3.63) is 88.4 Å². The molecule has 1 saturated heterocycles. The second-order valence-corrected chi connectivity index (χ2v) is 8.25. The molecule has 0 saturated carbocycles. The van der Waals surface area contributed by atoms with Gasteiger partial charge in [0.1, 0.15) is 12.4 Å². The van der Waals surface area contributed by atoms with E-state index in [4.69, 9.17) is 27.9 Å². The molecule has 0 aromatic heterocycles. The summed E-state index contributed by atoms with van der Waals surface area (Å²) in [6.45, 7) is 0.648. The van der Waals surface area contributed by atoms with E-state index in [0.717, 1.165) is 11.3 Å². The minimum Gasteiger partial charge on any atom is -0.489 e. The molecule has 3 aromatic rings. The molecule has 1 heterocycles. The lowest BCUT2D eigenvalue weighted by atomic mass is 10.1. The van der Waals surface area contributed by atoms with Gasteiger partial charge < -0.3 is 9.64 Å². The third kappa shape index (κ3) is 5.33. The molecule has 0 unspecified atom stereocenters. The second kappa shape index (κ2) is 9.94. The normalized spacial score (nSPS) is 15.5. The molecule has 0 radical (unpaired) electrons. The van der Waals surface area contributed by atoms with Gasteiger partial charge in [0, 0.05) is 40.3 Å². The van der Waals surface area contributed by atoms with E-state index in [9.17, 15) is 9.59 Å². The maximum absolute atomic E-state index is 12.6. The standard InChI is InChI=1S/C24H21Cl2N3O3/c25-18-8-10-20(11-9-18)29-14-17(12-23(29)30)24(31)28-27-19-5-3-6-21(13-19)32-15-16-4-1-2-7-22(16)26/h1-11,13,17,27H,12,14-15H2,(H,28,31)/t17-/m0/s1. The van der Waals surface area contributed by atoms with Crippen LogP contribution < -0.4 is 20.5 Å². The van der Waals surface area contributed by atoms with Crippen LogP contribution in [-0.4, -0.2) is 18.4 Å². The average Bonchev–Trinajstić information content (AvgIpc) is 3.19. The highest BCUT2D eigenvalue weighted by atomic mass is 35.5. The first-order chi connectivity index (χ1) is 15.5. The van der Waals surface area contributed by atoms with Gasteiger partial charge in [-0.1, -0.05) is 47.5 Å². The maximum Gasteiger partial charge on any atom is 0.243 e. The highest BCUT2D eigenvalue weighted by Crippen LogP contribution is 2.26. The van der Waals surface area contributed by atoms with E-state index in [-0.39, 0.29) is 18.2 Å². The van der Waals surface area contributed by atoms with Crippen molar-refractivity contribution >= 4 is 46.4 Å². The van der Waals surface area contributed by atoms with Gasteiger partial charge in [-0.3, -0.25) is 20.4 Å². The van der Waals surface area contributed by atoms with Crippen LogP contribution in [0.25, 0.3) is 0 Å². The summed E-state index contributed by atoms with van der Waals surface area (Å²) in [6.07, 6.45) is 0.150. The van der Waals surface area contributed by atoms with E-state index < -0.39 is 5.92 Å². The smallest absolute Gasteiger partial charge is 0.243 e. The molecule has 3 aromatic carbocycles. The number of carbonyl (C=O) groups is 2. The summed E-state index contributed by atoms with van der Waals surface area (Å²) in [5, 5.41) is 1.24. The van der Waals surface area contributed by atoms with Crippen molar-refractivity contribution in [3.63, 3.8) is 0 Å². The Labute approximate surface area is 196 Å². The first kappa shape index (κ1) is 22.0. The summed E-state index contributed by atoms with van der Waals surface area (Å²) in [5.41, 5.74) is 7.86. The highest BCUT2D eigenvalue weighted by molar-refractivity contribution is 6.31. The topological polar surface area (TPSA) is 70.7 Å². The molecule has 2 amide bonds. The first-order valence-electron chi connectivity index (χ1n) is 10.1. The molecular weight excluding hydrogens is 449 g/mol. The van der Waals surface area contributed by atoms with Gasteiger partial charge in [0.15, 0.2) is 0 Å². The number of hydrazine groups is 1. The molecule has 0 aliphatic carbocycles. The van der Waals surface area contributed by atoms with Gasteiger partial charge in [0.25, 0.3) is 0 Å². The van der Waals surface area contributed by atoms with Crippen LogP contribution in [0, 0.1) is 5.92 Å². The van der Waals surface area contributed by atoms with Crippen molar-refractivity contribution in [1.29, 1.82) is 0 Å². The van der Waals surface area contributed by atoms with Crippen LogP contribution in [0.3, 0.4) is 0 Å². The Balaban J connectivity index is 1.31. The fraction of sp³-hybridized carbons (Fsp3) is 0.167. The van der Waals surface area contributed by atoms with Gasteiger partial charge in [-0.05, 0) is 42.5 Å². The molecule has 1 fully saturated rings. The molecule has 0 spiro atoms. The number of anilines is 2. The molecule has 4 rings (SSSR count). The molecule has 164 valence electrons. The predicted molar refractivity (Wildman–Crippen MR) is 126 cm³/mol. The monoisotopic (exact) mass is 469 g/mol. The van der Waals surface area contributed by atoms with Gasteiger partial charge in [-0.25, -0.2) is 0 Å². The summed E-state index contributed by atoms with van der Waals surface area (Å²) in [7, 11) is 0. The van der Waals surface area contributed by atoms with Crippen LogP contribution in [0.15, 0.2) is 72.8 Å². The number of benzene rings is 3. The zero-order valence-corrected chi connectivity index (χ0v) is 18.6. The van der Waals surface area contributed by atoms with Gasteiger partial charge in [-0.15, -0.1) is 0 Å². The molecule has 1 atom stereocenters. The molecule has 32 heavy (non-hydrogen) atoms. The summed E-state index contributed by atoms with van der Waals surface area (Å²) in [6, 6.07) is 21.7. The van der Waals surface area contributed by atoms with Crippen molar-refractivity contribution in [3.8, 4) is 5.75 Å². The van der Waals surface area contributed by atoms with E-state index >= 15 is 0 Å². The lowest BCUT2D eigenvalue weighted by molar-refractivity contribution is -0.125. The summed E-state index contributed by atoms with van der Waals surface area (Å²) in [4.78, 5) is 26.6. The number of carbonyl (C=O) groups excluding carboxylic acids is 2. The summed E-state index contributed by atoms with van der Waals surface area (Å²) in [5.74, 6) is -0.167. The van der Waals surface area contributed by atoms with E-state index in [1.807, 2.05) is 42.5 Å². The summed E-state index contributed by atoms with van der Waals surface area (Å²) < 4.78 is 5.81. The van der Waals surface area contributed by atoms with Crippen LogP contribution in [0.2, 0.25) is 10.0 Å². The summed E-state index contributed by atoms with van der Waals surface area (Å²) >= 11 is 12.1. The van der Waals surface area contributed by atoms with Crippen LogP contribution in [0.1, 0.15) is 12.0 Å². The molecule has 1 aliphatic rings. The van der Waals surface area contributed by atoms with Crippen LogP contribution >= 0.6 is 23.2 Å². The van der Waals surface area contributed by atoms with Crippen LogP contribution in [-0.2, 0) is 16.2 Å². The van der Waals surface area contributed by atoms with Crippen molar-refractivity contribution < 1.29 is 14.3 Å². The number of rotatable bonds is 7. The SMILES string of the molecule is O=C(NNc1cccc(OCc2ccccc2Cl)c1)[C@H]1CC(=O)N(c2ccc(Cl)cc2)C1.